The number of halogens is 1. The number of aliphatic hydroxyl groups is 1. The molecule has 0 bridgehead atoms. The van der Waals surface area contributed by atoms with E-state index in [2.05, 4.69) is 0 Å². The highest BCUT2D eigenvalue weighted by Crippen LogP contribution is 2.31. The lowest BCUT2D eigenvalue weighted by molar-refractivity contribution is 0.267. The maximum atomic E-state index is 9.00. The monoisotopic (exact) mass is 337 g/mol. The Hall–Kier alpha value is -1.75. The number of nitrogens with two attached hydrogens (primary N) is 1. The quantitative estimate of drug-likeness (QED) is 0.774. The van der Waals surface area contributed by atoms with Crippen molar-refractivity contribution in [2.45, 2.75) is 26.0 Å². The van der Waals surface area contributed by atoms with Crippen LogP contribution in [0.25, 0.3) is 0 Å². The molecule has 0 saturated heterocycles. The van der Waals surface area contributed by atoms with Gasteiger partial charge in [0.25, 0.3) is 0 Å². The van der Waals surface area contributed by atoms with Gasteiger partial charge < -0.3 is 20.3 Å². The van der Waals surface area contributed by atoms with Crippen LogP contribution in [0.4, 0.5) is 0 Å². The van der Waals surface area contributed by atoms with Gasteiger partial charge in [-0.3, -0.25) is 0 Å². The summed E-state index contributed by atoms with van der Waals surface area (Å²) in [5.41, 5.74) is 8.07. The van der Waals surface area contributed by atoms with Gasteiger partial charge in [0.15, 0.2) is 11.5 Å². The molecule has 2 aromatic rings. The van der Waals surface area contributed by atoms with Crippen molar-refractivity contribution < 1.29 is 14.6 Å². The van der Waals surface area contributed by atoms with Gasteiger partial charge in [0.1, 0.15) is 6.61 Å². The van der Waals surface area contributed by atoms with Crippen molar-refractivity contribution in [2.24, 2.45) is 5.73 Å². The van der Waals surface area contributed by atoms with Crippen LogP contribution in [0.3, 0.4) is 0 Å². The van der Waals surface area contributed by atoms with E-state index in [4.69, 9.17) is 20.3 Å². The molecule has 0 heterocycles. The van der Waals surface area contributed by atoms with Crippen LogP contribution in [0.5, 0.6) is 11.5 Å². The lowest BCUT2D eigenvalue weighted by atomic mass is 10.0. The molecule has 2 rings (SSSR count). The van der Waals surface area contributed by atoms with Crippen LogP contribution >= 0.6 is 12.4 Å². The van der Waals surface area contributed by atoms with Gasteiger partial charge in [-0.1, -0.05) is 36.4 Å². The van der Waals surface area contributed by atoms with Gasteiger partial charge in [0.05, 0.1) is 6.61 Å². The van der Waals surface area contributed by atoms with Crippen LogP contribution in [-0.2, 0) is 6.61 Å². The molecule has 23 heavy (non-hydrogen) atoms. The van der Waals surface area contributed by atoms with E-state index in [1.165, 1.54) is 0 Å². The van der Waals surface area contributed by atoms with Crippen molar-refractivity contribution in [1.29, 1.82) is 0 Å². The first kappa shape index (κ1) is 19.3. The van der Waals surface area contributed by atoms with Crippen molar-refractivity contribution in [3.8, 4) is 11.5 Å². The second-order valence-electron chi connectivity index (χ2n) is 5.03. The second kappa shape index (κ2) is 10.1. The molecule has 0 amide bonds. The Bertz CT molecular complexity index is 578. The summed E-state index contributed by atoms with van der Waals surface area (Å²) < 4.78 is 11.5. The third kappa shape index (κ3) is 5.75. The fourth-order valence-electron chi connectivity index (χ4n) is 2.18. The number of rotatable bonds is 8. The molecule has 0 spiro atoms. The third-order valence-corrected chi connectivity index (χ3v) is 3.37. The first-order chi connectivity index (χ1) is 10.7. The van der Waals surface area contributed by atoms with Crippen molar-refractivity contribution >= 4 is 12.4 Å². The maximum Gasteiger partial charge on any atom is 0.161 e. The highest BCUT2D eigenvalue weighted by atomic mass is 35.5. The molecule has 0 saturated carbocycles. The number of hydrogen-bond donors (Lipinski definition) is 2. The minimum atomic E-state index is -0.202. The van der Waals surface area contributed by atoms with Crippen LogP contribution < -0.4 is 15.2 Å². The van der Waals surface area contributed by atoms with Crippen molar-refractivity contribution in [3.63, 3.8) is 0 Å². The van der Waals surface area contributed by atoms with Gasteiger partial charge in [0.2, 0.25) is 0 Å². The summed E-state index contributed by atoms with van der Waals surface area (Å²) in [5.74, 6) is 1.38. The highest BCUT2D eigenvalue weighted by molar-refractivity contribution is 5.85. The molecular weight excluding hydrogens is 314 g/mol. The third-order valence-electron chi connectivity index (χ3n) is 3.37. The van der Waals surface area contributed by atoms with E-state index in [1.54, 1.807) is 0 Å². The van der Waals surface area contributed by atoms with E-state index in [0.717, 1.165) is 11.1 Å². The Morgan fingerprint density at radius 1 is 1.04 bits per heavy atom. The largest absolute Gasteiger partial charge is 0.490 e. The van der Waals surface area contributed by atoms with E-state index in [1.807, 2.05) is 55.5 Å². The maximum absolute atomic E-state index is 9.00. The van der Waals surface area contributed by atoms with Crippen molar-refractivity contribution in [1.82, 2.24) is 0 Å². The molecule has 126 valence electrons. The lowest BCUT2D eigenvalue weighted by Crippen LogP contribution is -2.12. The first-order valence-electron chi connectivity index (χ1n) is 7.54. The molecule has 0 aliphatic rings. The molecule has 4 nitrogen and oxygen atoms in total. The topological polar surface area (TPSA) is 64.7 Å². The van der Waals surface area contributed by atoms with Gasteiger partial charge in [-0.15, -0.1) is 12.4 Å². The van der Waals surface area contributed by atoms with Gasteiger partial charge >= 0.3 is 0 Å². The summed E-state index contributed by atoms with van der Waals surface area (Å²) in [6.45, 7) is 3.04. The summed E-state index contributed by atoms with van der Waals surface area (Å²) >= 11 is 0. The van der Waals surface area contributed by atoms with E-state index in [9.17, 15) is 0 Å². The van der Waals surface area contributed by atoms with E-state index in [-0.39, 0.29) is 25.1 Å². The zero-order chi connectivity index (χ0) is 15.8. The van der Waals surface area contributed by atoms with E-state index < -0.39 is 0 Å². The zero-order valence-electron chi connectivity index (χ0n) is 13.3. The molecule has 5 heteroatoms. The Labute approximate surface area is 143 Å². The standard InChI is InChI=1S/C18H23NO3.ClH/c1-2-21-18-12-15(16(19)10-11-20)8-9-17(18)22-13-14-6-4-3-5-7-14;/h3-9,12,16,20H,2,10-11,13,19H2,1H3;1H. The van der Waals surface area contributed by atoms with Gasteiger partial charge in [-0.05, 0) is 36.6 Å². The van der Waals surface area contributed by atoms with Crippen LogP contribution in [0.15, 0.2) is 48.5 Å². The Morgan fingerprint density at radius 2 is 1.78 bits per heavy atom. The van der Waals surface area contributed by atoms with Crippen molar-refractivity contribution in [2.75, 3.05) is 13.2 Å². The highest BCUT2D eigenvalue weighted by Gasteiger charge is 2.11. The van der Waals surface area contributed by atoms with Crippen molar-refractivity contribution in [3.05, 3.63) is 59.7 Å². The van der Waals surface area contributed by atoms with E-state index >= 15 is 0 Å². The molecule has 0 aliphatic carbocycles. The minimum Gasteiger partial charge on any atom is -0.490 e. The molecule has 0 radical (unpaired) electrons. The van der Waals surface area contributed by atoms with Gasteiger partial charge in [-0.2, -0.15) is 0 Å². The number of ether oxygens (including phenoxy) is 2. The molecule has 1 unspecified atom stereocenters. The Kier molecular flexibility index (Phi) is 8.48. The number of benzene rings is 2. The van der Waals surface area contributed by atoms with Gasteiger partial charge in [-0.25, -0.2) is 0 Å². The minimum absolute atomic E-state index is 0. The summed E-state index contributed by atoms with van der Waals surface area (Å²) in [6.07, 6.45) is 0.524. The summed E-state index contributed by atoms with van der Waals surface area (Å²) in [4.78, 5) is 0. The average Bonchev–Trinajstić information content (AvgIpc) is 2.55. The smallest absolute Gasteiger partial charge is 0.161 e. The zero-order valence-corrected chi connectivity index (χ0v) is 14.1. The molecule has 1 atom stereocenters. The van der Waals surface area contributed by atoms with E-state index in [0.29, 0.717) is 31.1 Å². The van der Waals surface area contributed by atoms with Gasteiger partial charge in [0, 0.05) is 12.6 Å². The second-order valence-corrected chi connectivity index (χ2v) is 5.03. The average molecular weight is 338 g/mol. The summed E-state index contributed by atoms with van der Waals surface area (Å²) in [7, 11) is 0. The molecule has 3 N–H and O–H groups in total. The molecule has 0 aliphatic heterocycles. The number of aliphatic hydroxyl groups excluding tert-OH is 1. The van der Waals surface area contributed by atoms with Crippen LogP contribution in [0.2, 0.25) is 0 Å². The summed E-state index contributed by atoms with van der Waals surface area (Å²) in [6, 6.07) is 15.5. The predicted octanol–water partition coefficient (Wildman–Crippen LogP) is 3.47. The fraction of sp³-hybridized carbons (Fsp3) is 0.333. The SMILES string of the molecule is CCOc1cc(C(N)CCO)ccc1OCc1ccccc1.Cl. The van der Waals surface area contributed by atoms with Crippen LogP contribution in [-0.4, -0.2) is 18.3 Å². The predicted molar refractivity (Wildman–Crippen MR) is 94.3 cm³/mol. The van der Waals surface area contributed by atoms with Crippen LogP contribution in [0, 0.1) is 0 Å². The Balaban J connectivity index is 0.00000264. The molecule has 2 aromatic carbocycles. The molecule has 0 fully saturated rings. The Morgan fingerprint density at radius 3 is 2.43 bits per heavy atom. The summed E-state index contributed by atoms with van der Waals surface area (Å²) in [5, 5.41) is 9.00. The molecule has 0 aromatic heterocycles. The number of hydrogen-bond acceptors (Lipinski definition) is 4. The molecular formula is C18H24ClNO3. The normalized spacial score (nSPS) is 11.4. The fourth-order valence-corrected chi connectivity index (χ4v) is 2.18. The van der Waals surface area contributed by atoms with Crippen LogP contribution in [0.1, 0.15) is 30.5 Å². The lowest BCUT2D eigenvalue weighted by Gasteiger charge is -2.16. The first-order valence-corrected chi connectivity index (χ1v) is 7.54.